The molecule has 3 aliphatic rings. The number of unbranched alkanes of at least 4 members (excludes halogenated alkanes) is 2. The second kappa shape index (κ2) is 9.10. The number of aromatic hydroxyl groups is 2. The van der Waals surface area contributed by atoms with Crippen LogP contribution < -0.4 is 0 Å². The largest absolute Gasteiger partial charge is 0.507 e. The Bertz CT molecular complexity index is 1060. The Hall–Kier alpha value is -1.79. The zero-order valence-corrected chi connectivity index (χ0v) is 21.2. The molecule has 0 aromatic heterocycles. The lowest BCUT2D eigenvalue weighted by atomic mass is 9.65. The smallest absolute Gasteiger partial charge is 0.247 e. The van der Waals surface area contributed by atoms with Crippen LogP contribution in [0.1, 0.15) is 89.2 Å². The third-order valence-electron chi connectivity index (χ3n) is 8.15. The van der Waals surface area contributed by atoms with Crippen molar-refractivity contribution in [3.05, 3.63) is 41.0 Å². The van der Waals surface area contributed by atoms with E-state index in [1.165, 1.54) is 16.3 Å². The van der Waals surface area contributed by atoms with Crippen molar-refractivity contribution in [3.8, 4) is 11.5 Å². The highest BCUT2D eigenvalue weighted by molar-refractivity contribution is 7.89. The van der Waals surface area contributed by atoms with E-state index in [4.69, 9.17) is 0 Å². The number of allylic oxidation sites excluding steroid dienone is 3. The molecule has 1 aromatic rings. The van der Waals surface area contributed by atoms with E-state index in [0.29, 0.717) is 30.6 Å². The van der Waals surface area contributed by atoms with Crippen LogP contribution in [0.5, 0.6) is 11.5 Å². The zero-order valence-electron chi connectivity index (χ0n) is 20.4. The summed E-state index contributed by atoms with van der Waals surface area (Å²) < 4.78 is 29.1. The van der Waals surface area contributed by atoms with Gasteiger partial charge in [0, 0.05) is 24.6 Å². The lowest BCUT2D eigenvalue weighted by molar-refractivity contribution is -0.00804. The number of benzene rings is 1. The maximum absolute atomic E-state index is 13.8. The molecular weight excluding hydrogens is 434 g/mol. The van der Waals surface area contributed by atoms with E-state index in [9.17, 15) is 18.6 Å². The predicted molar refractivity (Wildman–Crippen MR) is 132 cm³/mol. The van der Waals surface area contributed by atoms with E-state index >= 15 is 0 Å². The molecular formula is C27H39NO4S. The van der Waals surface area contributed by atoms with Crippen LogP contribution in [0.25, 0.3) is 0 Å². The standard InChI is InChI=1S/C27H39NO4S/c1-5-6-7-9-20-15-23(29)24(22-14-19(4)10-11-21(22)18(2)3)25(30)26(20)33(31,32)28-16-27(17-28)12-8-13-27/h14-15,21-22,29-30H,2,5-13,16-17H2,1,3-4H3. The molecule has 1 saturated heterocycles. The van der Waals surface area contributed by atoms with Gasteiger partial charge in [0.05, 0.1) is 0 Å². The summed E-state index contributed by atoms with van der Waals surface area (Å²) in [7, 11) is -3.85. The molecule has 4 rings (SSSR count). The molecule has 2 N–H and O–H groups in total. The van der Waals surface area contributed by atoms with Gasteiger partial charge in [0.15, 0.2) is 0 Å². The predicted octanol–water partition coefficient (Wildman–Crippen LogP) is 6.02. The number of sulfonamides is 1. The molecule has 6 heteroatoms. The first-order valence-electron chi connectivity index (χ1n) is 12.5. The molecule has 0 radical (unpaired) electrons. The van der Waals surface area contributed by atoms with E-state index in [1.807, 2.05) is 13.8 Å². The van der Waals surface area contributed by atoms with Gasteiger partial charge in [-0.1, -0.05) is 50.0 Å². The van der Waals surface area contributed by atoms with Crippen molar-refractivity contribution >= 4 is 10.0 Å². The van der Waals surface area contributed by atoms with E-state index in [1.54, 1.807) is 6.07 Å². The maximum atomic E-state index is 13.8. The molecule has 1 aromatic carbocycles. The number of aryl methyl sites for hydroxylation is 1. The van der Waals surface area contributed by atoms with Crippen LogP contribution in [0, 0.1) is 11.3 Å². The summed E-state index contributed by atoms with van der Waals surface area (Å²) in [6.07, 6.45) is 10.5. The van der Waals surface area contributed by atoms with Gasteiger partial charge in [0.2, 0.25) is 10.0 Å². The third-order valence-corrected chi connectivity index (χ3v) is 10.1. The molecule has 1 spiro atoms. The summed E-state index contributed by atoms with van der Waals surface area (Å²) >= 11 is 0. The minimum atomic E-state index is -3.85. The van der Waals surface area contributed by atoms with Gasteiger partial charge >= 0.3 is 0 Å². The fourth-order valence-electron chi connectivity index (χ4n) is 5.97. The van der Waals surface area contributed by atoms with Crippen molar-refractivity contribution in [1.29, 1.82) is 0 Å². The summed E-state index contributed by atoms with van der Waals surface area (Å²) in [5.74, 6) is -0.518. The maximum Gasteiger partial charge on any atom is 0.247 e. The fourth-order valence-corrected chi connectivity index (χ4v) is 7.96. The molecule has 1 saturated carbocycles. The van der Waals surface area contributed by atoms with Crippen molar-refractivity contribution in [3.63, 3.8) is 0 Å². The van der Waals surface area contributed by atoms with Crippen LogP contribution in [-0.4, -0.2) is 36.0 Å². The number of hydrogen-bond donors (Lipinski definition) is 2. The SMILES string of the molecule is C=C(C)C1CCC(C)=CC1c1c(O)cc(CCCCC)c(S(=O)(=O)N2CC3(CCC3)C2)c1O. The summed E-state index contributed by atoms with van der Waals surface area (Å²) in [5, 5.41) is 22.6. The Morgan fingerprint density at radius 2 is 1.94 bits per heavy atom. The number of nitrogens with zero attached hydrogens (tertiary/aromatic N) is 1. The Kier molecular flexibility index (Phi) is 6.71. The number of phenolic OH excluding ortho intramolecular Hbond substituents is 2. The molecule has 2 fully saturated rings. The molecule has 182 valence electrons. The van der Waals surface area contributed by atoms with Gasteiger partial charge in [-0.05, 0) is 75.3 Å². The molecule has 1 heterocycles. The monoisotopic (exact) mass is 473 g/mol. The summed E-state index contributed by atoms with van der Waals surface area (Å²) in [6.45, 7) is 11.3. The van der Waals surface area contributed by atoms with Crippen LogP contribution in [0.3, 0.4) is 0 Å². The quantitative estimate of drug-likeness (QED) is 0.357. The van der Waals surface area contributed by atoms with Gasteiger partial charge in [-0.2, -0.15) is 4.31 Å². The van der Waals surface area contributed by atoms with Crippen molar-refractivity contribution in [2.75, 3.05) is 13.1 Å². The third kappa shape index (κ3) is 4.37. The van der Waals surface area contributed by atoms with Crippen LogP contribution in [0.4, 0.5) is 0 Å². The minimum Gasteiger partial charge on any atom is -0.507 e. The minimum absolute atomic E-state index is 0.0117. The average molecular weight is 474 g/mol. The molecule has 2 aliphatic carbocycles. The zero-order chi connectivity index (χ0) is 24.0. The Labute approximate surface area is 199 Å². The molecule has 2 atom stereocenters. The highest BCUT2D eigenvalue weighted by atomic mass is 32.2. The molecule has 0 amide bonds. The topological polar surface area (TPSA) is 77.8 Å². The van der Waals surface area contributed by atoms with E-state index in [2.05, 4.69) is 19.6 Å². The van der Waals surface area contributed by atoms with Crippen LogP contribution in [-0.2, 0) is 16.4 Å². The number of phenols is 2. The first-order valence-corrected chi connectivity index (χ1v) is 13.9. The first-order chi connectivity index (χ1) is 15.6. The number of rotatable bonds is 8. The van der Waals surface area contributed by atoms with Gasteiger partial charge in [0.1, 0.15) is 16.4 Å². The van der Waals surface area contributed by atoms with Gasteiger partial charge in [-0.15, -0.1) is 0 Å². The molecule has 1 aliphatic heterocycles. The molecule has 0 bridgehead atoms. The number of hydrogen-bond acceptors (Lipinski definition) is 4. The summed E-state index contributed by atoms with van der Waals surface area (Å²) in [6, 6.07) is 1.60. The lowest BCUT2D eigenvalue weighted by Crippen LogP contribution is -2.61. The fraction of sp³-hybridized carbons (Fsp3) is 0.630. The first kappa shape index (κ1) is 24.3. The Morgan fingerprint density at radius 3 is 2.52 bits per heavy atom. The van der Waals surface area contributed by atoms with Gasteiger partial charge < -0.3 is 10.2 Å². The van der Waals surface area contributed by atoms with Gasteiger partial charge in [0.25, 0.3) is 0 Å². The van der Waals surface area contributed by atoms with Crippen LogP contribution in [0.2, 0.25) is 0 Å². The van der Waals surface area contributed by atoms with Crippen molar-refractivity contribution in [2.45, 2.75) is 89.4 Å². The Balaban J connectivity index is 1.81. The molecule has 5 nitrogen and oxygen atoms in total. The van der Waals surface area contributed by atoms with E-state index < -0.39 is 10.0 Å². The van der Waals surface area contributed by atoms with Crippen molar-refractivity contribution in [2.24, 2.45) is 11.3 Å². The van der Waals surface area contributed by atoms with E-state index in [0.717, 1.165) is 50.5 Å². The second-order valence-electron chi connectivity index (χ2n) is 10.8. The van der Waals surface area contributed by atoms with Crippen molar-refractivity contribution < 1.29 is 18.6 Å². The van der Waals surface area contributed by atoms with Gasteiger partial charge in [-0.3, -0.25) is 0 Å². The second-order valence-corrected chi connectivity index (χ2v) is 12.6. The summed E-state index contributed by atoms with van der Waals surface area (Å²) in [4.78, 5) is 0.0117. The highest BCUT2D eigenvalue weighted by Crippen LogP contribution is 2.53. The Morgan fingerprint density at radius 1 is 1.24 bits per heavy atom. The van der Waals surface area contributed by atoms with E-state index in [-0.39, 0.29) is 33.6 Å². The summed E-state index contributed by atoms with van der Waals surface area (Å²) in [5.41, 5.74) is 3.17. The molecule has 2 unspecified atom stereocenters. The lowest BCUT2D eigenvalue weighted by Gasteiger charge is -2.55. The highest BCUT2D eigenvalue weighted by Gasteiger charge is 2.52. The van der Waals surface area contributed by atoms with Gasteiger partial charge in [-0.25, -0.2) is 8.42 Å². The van der Waals surface area contributed by atoms with Crippen molar-refractivity contribution in [1.82, 2.24) is 4.31 Å². The molecule has 33 heavy (non-hydrogen) atoms. The van der Waals surface area contributed by atoms with Crippen LogP contribution in [0.15, 0.2) is 34.8 Å². The van der Waals surface area contributed by atoms with Crippen LogP contribution >= 0.6 is 0 Å². The average Bonchev–Trinajstić information content (AvgIpc) is 2.65. The normalized spacial score (nSPS) is 24.8.